The van der Waals surface area contributed by atoms with Gasteiger partial charge in [-0.05, 0) is 12.3 Å². The van der Waals surface area contributed by atoms with Gasteiger partial charge in [0, 0.05) is 6.42 Å². The number of nitriles is 1. The summed E-state index contributed by atoms with van der Waals surface area (Å²) < 4.78 is 0. The van der Waals surface area contributed by atoms with E-state index in [1.807, 2.05) is 25.2 Å². The van der Waals surface area contributed by atoms with Crippen LogP contribution in [0.3, 0.4) is 0 Å². The number of carbonyl (C=O) groups is 2. The summed E-state index contributed by atoms with van der Waals surface area (Å²) in [5, 5.41) is 10.7. The molecule has 13 heavy (non-hydrogen) atoms. The van der Waals surface area contributed by atoms with E-state index in [0.717, 1.165) is 0 Å². The van der Waals surface area contributed by atoms with Crippen molar-refractivity contribution in [3.05, 3.63) is 0 Å². The van der Waals surface area contributed by atoms with Crippen LogP contribution in [0.2, 0.25) is 0 Å². The molecule has 0 aliphatic heterocycles. The zero-order chi connectivity index (χ0) is 10.3. The molecule has 1 N–H and O–H groups in total. The highest BCUT2D eigenvalue weighted by Gasteiger charge is 2.13. The van der Waals surface area contributed by atoms with Gasteiger partial charge in [-0.1, -0.05) is 13.8 Å². The number of nitrogens with zero attached hydrogens (tertiary/aromatic N) is 1. The summed E-state index contributed by atoms with van der Waals surface area (Å²) >= 11 is 0. The van der Waals surface area contributed by atoms with E-state index in [9.17, 15) is 9.59 Å². The van der Waals surface area contributed by atoms with Crippen molar-refractivity contribution in [2.45, 2.75) is 26.7 Å². The van der Waals surface area contributed by atoms with Crippen LogP contribution in [0.15, 0.2) is 0 Å². The molecule has 4 nitrogen and oxygen atoms in total. The quantitative estimate of drug-likeness (QED) is 0.640. The fraction of sp³-hybridized carbons (Fsp3) is 0.667. The van der Waals surface area contributed by atoms with Crippen LogP contribution in [0, 0.1) is 23.2 Å². The minimum atomic E-state index is -0.387. The second kappa shape index (κ2) is 6.18. The number of amides is 2. The summed E-state index contributed by atoms with van der Waals surface area (Å²) in [7, 11) is 0. The van der Waals surface area contributed by atoms with Crippen LogP contribution < -0.4 is 5.32 Å². The highest BCUT2D eigenvalue weighted by atomic mass is 16.2. The van der Waals surface area contributed by atoms with Gasteiger partial charge in [0.05, 0.1) is 12.0 Å². The topological polar surface area (TPSA) is 70.0 Å². The molecule has 0 saturated carbocycles. The lowest BCUT2D eigenvalue weighted by Gasteiger charge is -2.09. The van der Waals surface area contributed by atoms with Crippen LogP contribution in [0.25, 0.3) is 0 Å². The van der Waals surface area contributed by atoms with E-state index in [1.165, 1.54) is 0 Å². The molecule has 0 radical (unpaired) electrons. The molecule has 2 amide bonds. The number of nitrogens with one attached hydrogen (secondary N) is 1. The fourth-order valence-electron chi connectivity index (χ4n) is 1.10. The lowest BCUT2D eigenvalue weighted by atomic mass is 9.95. The predicted octanol–water partition coefficient (Wildman–Crippen LogP) is 0.835. The first kappa shape index (κ1) is 11.6. The molecule has 0 bridgehead atoms. The maximum Gasteiger partial charge on any atom is 0.227 e. The van der Waals surface area contributed by atoms with Gasteiger partial charge in [-0.3, -0.25) is 14.9 Å². The van der Waals surface area contributed by atoms with Gasteiger partial charge in [0.1, 0.15) is 0 Å². The molecule has 0 unspecified atom stereocenters. The molecular weight excluding hydrogens is 168 g/mol. The van der Waals surface area contributed by atoms with Crippen LogP contribution in [0.5, 0.6) is 0 Å². The van der Waals surface area contributed by atoms with Gasteiger partial charge in [-0.2, -0.15) is 5.26 Å². The Morgan fingerprint density at radius 3 is 2.62 bits per heavy atom. The number of hydrogen-bond donors (Lipinski definition) is 1. The van der Waals surface area contributed by atoms with E-state index in [1.54, 1.807) is 0 Å². The monoisotopic (exact) mass is 182 g/mol. The first-order chi connectivity index (χ1) is 6.10. The van der Waals surface area contributed by atoms with E-state index in [4.69, 9.17) is 5.26 Å². The Morgan fingerprint density at radius 2 is 2.23 bits per heavy atom. The summed E-state index contributed by atoms with van der Waals surface area (Å²) in [6, 6.07) is 2.05. The van der Waals surface area contributed by atoms with E-state index in [2.05, 4.69) is 0 Å². The molecule has 0 aromatic heterocycles. The molecule has 0 aromatic carbocycles. The number of imide groups is 1. The van der Waals surface area contributed by atoms with Crippen molar-refractivity contribution in [1.82, 2.24) is 5.32 Å². The largest absolute Gasteiger partial charge is 0.299 e. The van der Waals surface area contributed by atoms with E-state index in [-0.39, 0.29) is 18.2 Å². The summed E-state index contributed by atoms with van der Waals surface area (Å²) in [4.78, 5) is 20.8. The first-order valence-electron chi connectivity index (χ1n) is 4.22. The second-order valence-electron chi connectivity index (χ2n) is 3.35. The zero-order valence-corrected chi connectivity index (χ0v) is 7.91. The van der Waals surface area contributed by atoms with Crippen molar-refractivity contribution in [1.29, 1.82) is 5.26 Å². The van der Waals surface area contributed by atoms with Gasteiger partial charge >= 0.3 is 0 Å². The lowest BCUT2D eigenvalue weighted by molar-refractivity contribution is -0.125. The van der Waals surface area contributed by atoms with Gasteiger partial charge in [-0.25, -0.2) is 0 Å². The maximum atomic E-state index is 10.9. The van der Waals surface area contributed by atoms with Crippen LogP contribution in [-0.4, -0.2) is 12.3 Å². The predicted molar refractivity (Wildman–Crippen MR) is 47.4 cm³/mol. The van der Waals surface area contributed by atoms with Crippen LogP contribution >= 0.6 is 0 Å². The van der Waals surface area contributed by atoms with Crippen molar-refractivity contribution in [3.8, 4) is 6.07 Å². The van der Waals surface area contributed by atoms with Crippen LogP contribution in [0.1, 0.15) is 26.7 Å². The average molecular weight is 182 g/mol. The molecule has 1 atom stereocenters. The van der Waals surface area contributed by atoms with E-state index < -0.39 is 0 Å². The Kier molecular flexibility index (Phi) is 5.53. The first-order valence-corrected chi connectivity index (χ1v) is 4.22. The molecule has 0 fully saturated rings. The van der Waals surface area contributed by atoms with Crippen molar-refractivity contribution < 1.29 is 9.59 Å². The third kappa shape index (κ3) is 5.85. The Hall–Kier alpha value is -1.37. The maximum absolute atomic E-state index is 10.9. The summed E-state index contributed by atoms with van der Waals surface area (Å²) in [6.45, 7) is 3.98. The Labute approximate surface area is 77.9 Å². The zero-order valence-electron chi connectivity index (χ0n) is 7.91. The molecule has 4 heteroatoms. The van der Waals surface area contributed by atoms with Gasteiger partial charge in [-0.15, -0.1) is 0 Å². The fourth-order valence-corrected chi connectivity index (χ4v) is 1.10. The summed E-state index contributed by atoms with van der Waals surface area (Å²) in [5.41, 5.74) is 0. The third-order valence-corrected chi connectivity index (χ3v) is 1.59. The third-order valence-electron chi connectivity index (χ3n) is 1.59. The van der Waals surface area contributed by atoms with E-state index >= 15 is 0 Å². The van der Waals surface area contributed by atoms with Crippen LogP contribution in [-0.2, 0) is 9.59 Å². The number of rotatable bonds is 5. The molecular formula is C9H14N2O2. The van der Waals surface area contributed by atoms with Gasteiger partial charge in [0.25, 0.3) is 0 Å². The molecule has 72 valence electrons. The van der Waals surface area contributed by atoms with E-state index in [0.29, 0.717) is 18.7 Å². The summed E-state index contributed by atoms with van der Waals surface area (Å²) in [5.74, 6) is -0.296. The molecule has 0 aliphatic rings. The van der Waals surface area contributed by atoms with Crippen molar-refractivity contribution in [3.63, 3.8) is 0 Å². The summed E-state index contributed by atoms with van der Waals surface area (Å²) in [6.07, 6.45) is 1.13. The molecule has 0 aliphatic carbocycles. The van der Waals surface area contributed by atoms with Crippen molar-refractivity contribution in [2.24, 2.45) is 11.8 Å². The van der Waals surface area contributed by atoms with Crippen molar-refractivity contribution in [2.75, 3.05) is 0 Å². The molecule has 0 saturated heterocycles. The minimum Gasteiger partial charge on any atom is -0.299 e. The highest BCUT2D eigenvalue weighted by Crippen LogP contribution is 2.13. The van der Waals surface area contributed by atoms with Crippen molar-refractivity contribution >= 4 is 12.3 Å². The Morgan fingerprint density at radius 1 is 1.62 bits per heavy atom. The second-order valence-corrected chi connectivity index (χ2v) is 3.35. The molecule has 0 spiro atoms. The van der Waals surface area contributed by atoms with Gasteiger partial charge in [0.15, 0.2) is 0 Å². The average Bonchev–Trinajstić information content (AvgIpc) is 2.02. The Balaban J connectivity index is 3.92. The highest BCUT2D eigenvalue weighted by molar-refractivity contribution is 5.86. The normalized spacial score (nSPS) is 11.8. The molecule has 0 rings (SSSR count). The minimum absolute atomic E-state index is 0.105. The standard InChI is InChI=1S/C9H14N2O2/c1-7(2)3-8(5-10)4-9(13)11-6-12/h6-8H,3-4H2,1-2H3,(H,11,12,13)/t8-/m0/s1. The number of carbonyl (C=O) groups excluding carboxylic acids is 2. The van der Waals surface area contributed by atoms with Gasteiger partial charge in [0.2, 0.25) is 12.3 Å². The molecule has 0 heterocycles. The SMILES string of the molecule is CC(C)C[C@H](C#N)CC(=O)NC=O. The smallest absolute Gasteiger partial charge is 0.227 e. The van der Waals surface area contributed by atoms with Crippen LogP contribution in [0.4, 0.5) is 0 Å². The lowest BCUT2D eigenvalue weighted by Crippen LogP contribution is -2.24. The Bertz CT molecular complexity index is 218. The number of hydrogen-bond acceptors (Lipinski definition) is 3. The van der Waals surface area contributed by atoms with Gasteiger partial charge < -0.3 is 0 Å². The molecule has 0 aromatic rings.